The topological polar surface area (TPSA) is 960 Å². The number of phosphoric ester groups is 6. The highest BCUT2D eigenvalue weighted by atomic mass is 31.2. The number of anilines is 6. The molecular weight excluding hydrogens is 1920 g/mol. The van der Waals surface area contributed by atoms with Gasteiger partial charge in [-0.2, -0.15) is 0 Å². The molecular formula is C60H74N30O37P6. The van der Waals surface area contributed by atoms with E-state index in [0.717, 1.165) is 92.4 Å². The largest absolute Gasteiger partial charge is 0.472 e. The third-order valence-electron chi connectivity index (χ3n) is 21.5. The third kappa shape index (κ3) is 18.5. The summed E-state index contributed by atoms with van der Waals surface area (Å²) in [5.41, 5.74) is 35.3. The molecule has 12 aromatic rings. The standard InChI is InChI=1S/C60H74N30O37P6/c61-43-25-49(73-7-67-43)85(13-79-25)55-32(92)31(91)19(117-55)1-112-129(101,102)124-39-21(119-57(34(39)94)87-15-81-27-45(63)69-9-75-51(27)87)3-114-131(105,106)126-41-23(121-59(36(41)96)89-17-83-29-47(65)71-11-77-53(29)89)5-116-133(109,110)127-42-24(122-60(37(42)97)90-18-84-30-48(66)72-12-78-54(30)90)6-115-132(107,108)125-40-22(120-58(35(40)95)88-16-82-28-46(64)70-10-76-52(28)88)4-113-130(103,104)123-38-20(2-111-128(98,99)100)118-56(33(38)93)86-14-80-26-44(62)68-8-74-50(26)86/h7-24,31-42,55-60,91-97H,1-6H2,(H,101,102)(H,103,104)(H,105,106)(H,107,108)(H,109,110)(H2,61,67,73)(H2,62,68,74)(H2,63,69,75)(H2,64,70,76)(H2,65,71,77)(H2,66,72,78)(H2,98,99,100)/t19-,20-,21-,22-,23-,24-,31-,32-,33-,34-,35-,36-,37-,38-,39-,40-,41-,42-,55-,56-,57-,58-,59-,60-/m1/s1. The quantitative estimate of drug-likeness (QED) is 0.0167. The van der Waals surface area contributed by atoms with Crippen LogP contribution in [0.1, 0.15) is 37.4 Å². The van der Waals surface area contributed by atoms with Gasteiger partial charge < -0.3 is 133 Å². The number of phosphoric acid groups is 6. The zero-order chi connectivity index (χ0) is 94.2. The summed E-state index contributed by atoms with van der Waals surface area (Å²) in [6.07, 6.45) is -35.5. The molecule has 6 fully saturated rings. The molecule has 73 heteroatoms. The van der Waals surface area contributed by atoms with Crippen LogP contribution < -0.4 is 34.4 Å². The molecule has 716 valence electrons. The van der Waals surface area contributed by atoms with Crippen molar-refractivity contribution in [2.45, 2.75) is 147 Å². The van der Waals surface area contributed by atoms with E-state index in [4.69, 9.17) is 108 Å². The number of nitrogens with two attached hydrogens (primary N) is 6. The van der Waals surface area contributed by atoms with E-state index >= 15 is 0 Å². The zero-order valence-corrected chi connectivity index (χ0v) is 71.9. The van der Waals surface area contributed by atoms with Crippen LogP contribution in [-0.4, -0.2) is 337 Å². The number of imidazole rings is 6. The van der Waals surface area contributed by atoms with Crippen molar-refractivity contribution in [3.8, 4) is 0 Å². The first-order valence-electron chi connectivity index (χ1n) is 38.3. The first-order chi connectivity index (χ1) is 63.1. The molecule has 29 atom stereocenters. The minimum atomic E-state index is -5.97. The molecule has 5 unspecified atom stereocenters. The number of aliphatic hydroxyl groups is 7. The van der Waals surface area contributed by atoms with Gasteiger partial charge in [0.25, 0.3) is 0 Å². The van der Waals surface area contributed by atoms with Crippen molar-refractivity contribution in [3.63, 3.8) is 0 Å². The minimum absolute atomic E-state index is 0.00771. The van der Waals surface area contributed by atoms with Crippen LogP contribution in [0, 0.1) is 0 Å². The van der Waals surface area contributed by atoms with E-state index < -0.39 is 234 Å². The molecule has 18 rings (SSSR count). The number of nitrogen functional groups attached to an aromatic ring is 6. The molecule has 18 heterocycles. The summed E-state index contributed by atoms with van der Waals surface area (Å²) in [7, 11) is -34.5. The van der Waals surface area contributed by atoms with Crippen molar-refractivity contribution < 1.29 is 176 Å². The van der Waals surface area contributed by atoms with Crippen LogP contribution >= 0.6 is 46.9 Å². The Morgan fingerprint density at radius 2 is 0.421 bits per heavy atom. The van der Waals surface area contributed by atoms with E-state index in [0.29, 0.717) is 0 Å². The maximum Gasteiger partial charge on any atom is 0.472 e. The Labute approximate surface area is 736 Å². The lowest BCUT2D eigenvalue weighted by Crippen LogP contribution is -2.38. The fraction of sp³-hybridized carbons (Fsp3) is 0.500. The summed E-state index contributed by atoms with van der Waals surface area (Å²) in [6, 6.07) is 0. The average Bonchev–Trinajstić information content (AvgIpc) is 1.63. The van der Waals surface area contributed by atoms with Crippen LogP contribution in [-0.2, 0) is 106 Å². The molecule has 0 radical (unpaired) electrons. The Morgan fingerprint density at radius 3 is 0.617 bits per heavy atom. The Bertz CT molecular complexity index is 6690. The minimum Gasteiger partial charge on any atom is -0.387 e. The van der Waals surface area contributed by atoms with Crippen molar-refractivity contribution in [3.05, 3.63) is 75.9 Å². The predicted molar refractivity (Wildman–Crippen MR) is 425 cm³/mol. The Hall–Kier alpha value is -9.76. The maximum atomic E-state index is 14.7. The highest BCUT2D eigenvalue weighted by Crippen LogP contribution is 2.58. The molecule has 12 aromatic heterocycles. The van der Waals surface area contributed by atoms with Gasteiger partial charge in [-0.05, 0) is 0 Å². The molecule has 6 saturated heterocycles. The van der Waals surface area contributed by atoms with Gasteiger partial charge >= 0.3 is 46.9 Å². The van der Waals surface area contributed by atoms with Crippen LogP contribution in [0.25, 0.3) is 67.0 Å². The number of hydrogen-bond acceptors (Lipinski definition) is 54. The highest BCUT2D eigenvalue weighted by molar-refractivity contribution is 7.48. The Morgan fingerprint density at radius 1 is 0.248 bits per heavy atom. The fourth-order valence-corrected chi connectivity index (χ4v) is 20.6. The number of aliphatic hydroxyl groups excluding tert-OH is 7. The summed E-state index contributed by atoms with van der Waals surface area (Å²) >= 11 is 0. The van der Waals surface area contributed by atoms with Gasteiger partial charge in [-0.25, -0.2) is 117 Å². The number of ether oxygens (including phenoxy) is 6. The van der Waals surface area contributed by atoms with Crippen LogP contribution in [0.4, 0.5) is 34.9 Å². The monoisotopic (exact) mass is 1990 g/mol. The second-order valence-corrected chi connectivity index (χ2v) is 38.1. The molecule has 133 heavy (non-hydrogen) atoms. The van der Waals surface area contributed by atoms with Crippen LogP contribution in [0.15, 0.2) is 75.9 Å². The molecule has 6 aliphatic rings. The maximum absolute atomic E-state index is 14.7. The SMILES string of the molecule is Nc1ncnc2c1ncn2[C@@H]1O[C@H](COP(=O)(O)O[C@H]2[C@@H](O)[C@H](n3cnc4c(N)ncnc43)O[C@@H]2COP(=O)(O)O[C@H]2[C@@H](O)[C@H](n3cnc4c(N)ncnc43)O[C@@H]2COP(=O)(O)O[C@H]2[C@@H](O)[C@H](n3cnc4c(N)ncnc43)O[C@@H]2COP(=O)(O)O[C@H]2[C@@H](O)[C@H](n3cnc4c(N)ncnc43)O[C@@H]2COP(=O)(O)O[C@H]2[C@@H](O)[C@H](n3cnc4c(N)ncnc43)O[C@@H]2COP(=O)(O)O)[C@@H](O)[C@H]1O. The van der Waals surface area contributed by atoms with Crippen molar-refractivity contribution in [2.75, 3.05) is 74.0 Å². The molecule has 0 aromatic carbocycles. The normalized spacial score (nSPS) is 31.6. The summed E-state index contributed by atoms with van der Waals surface area (Å²) < 4.78 is 186. The van der Waals surface area contributed by atoms with Crippen molar-refractivity contribution in [2.24, 2.45) is 0 Å². The first kappa shape index (κ1) is 93.6. The third-order valence-corrected chi connectivity index (χ3v) is 27.0. The summed E-state index contributed by atoms with van der Waals surface area (Å²) in [6.45, 7) is -7.50. The second kappa shape index (κ2) is 36.1. The summed E-state index contributed by atoms with van der Waals surface area (Å²) in [4.78, 5) is 150. The van der Waals surface area contributed by atoms with Gasteiger partial charge in [0, 0.05) is 0 Å². The summed E-state index contributed by atoms with van der Waals surface area (Å²) in [5.74, 6) is -0.942. The van der Waals surface area contributed by atoms with Gasteiger partial charge in [0.1, 0.15) is 181 Å². The van der Waals surface area contributed by atoms with E-state index in [9.17, 15) is 97.4 Å². The molecule has 0 saturated carbocycles. The van der Waals surface area contributed by atoms with E-state index in [1.165, 1.54) is 10.9 Å². The molecule has 6 aliphatic heterocycles. The van der Waals surface area contributed by atoms with Crippen molar-refractivity contribution in [1.82, 2.24) is 117 Å². The molecule has 0 aliphatic carbocycles. The number of aromatic nitrogens is 24. The number of hydrogen-bond donors (Lipinski definition) is 20. The highest BCUT2D eigenvalue weighted by Gasteiger charge is 2.58. The van der Waals surface area contributed by atoms with E-state index in [1.807, 2.05) is 0 Å². The van der Waals surface area contributed by atoms with Crippen molar-refractivity contribution >= 4 is 149 Å². The second-order valence-electron chi connectivity index (χ2n) is 29.8. The van der Waals surface area contributed by atoms with E-state index in [-0.39, 0.29) is 102 Å². The van der Waals surface area contributed by atoms with Gasteiger partial charge in [-0.3, -0.25) is 77.2 Å². The van der Waals surface area contributed by atoms with Gasteiger partial charge in [-0.15, -0.1) is 0 Å². The molecule has 67 nitrogen and oxygen atoms in total. The molecule has 0 spiro atoms. The van der Waals surface area contributed by atoms with Crippen molar-refractivity contribution in [1.29, 1.82) is 0 Å². The van der Waals surface area contributed by atoms with Gasteiger partial charge in [0.05, 0.1) is 77.6 Å². The van der Waals surface area contributed by atoms with Crippen LogP contribution in [0.2, 0.25) is 0 Å². The molecule has 0 amide bonds. The number of rotatable bonds is 34. The molecule has 0 bridgehead atoms. The van der Waals surface area contributed by atoms with Gasteiger partial charge in [0.2, 0.25) is 0 Å². The lowest BCUT2D eigenvalue weighted by atomic mass is 10.1. The lowest BCUT2D eigenvalue weighted by Gasteiger charge is -2.27. The predicted octanol–water partition coefficient (Wildman–Crippen LogP) is -5.95. The van der Waals surface area contributed by atoms with Gasteiger partial charge in [-0.1, -0.05) is 0 Å². The van der Waals surface area contributed by atoms with E-state index in [2.05, 4.69) is 94.2 Å². The van der Waals surface area contributed by atoms with Gasteiger partial charge in [0.15, 0.2) is 106 Å². The Kier molecular flexibility index (Phi) is 25.4. The summed E-state index contributed by atoms with van der Waals surface area (Å²) in [5, 5.41) is 82.5. The first-order valence-corrected chi connectivity index (χ1v) is 47.4. The Balaban J connectivity index is 0.584. The smallest absolute Gasteiger partial charge is 0.387 e. The molecule has 26 N–H and O–H groups in total. The number of fused-ring (bicyclic) bond motifs is 6. The lowest BCUT2D eigenvalue weighted by molar-refractivity contribution is -0.0646. The average molecular weight is 1990 g/mol. The number of nitrogens with zero attached hydrogens (tertiary/aromatic N) is 24. The zero-order valence-electron chi connectivity index (χ0n) is 66.6. The van der Waals surface area contributed by atoms with Crippen LogP contribution in [0.3, 0.4) is 0 Å². The van der Waals surface area contributed by atoms with Crippen LogP contribution in [0.5, 0.6) is 0 Å². The fourth-order valence-electron chi connectivity index (χ4n) is 15.4. The van der Waals surface area contributed by atoms with E-state index in [1.54, 1.807) is 0 Å².